The van der Waals surface area contributed by atoms with Crippen molar-refractivity contribution in [3.05, 3.63) is 88.2 Å². The van der Waals surface area contributed by atoms with Gasteiger partial charge in [0.2, 0.25) is 0 Å². The summed E-state index contributed by atoms with van der Waals surface area (Å²) in [5, 5.41) is 14.4. The summed E-state index contributed by atoms with van der Waals surface area (Å²) in [6, 6.07) is 18.4. The van der Waals surface area contributed by atoms with E-state index in [1.165, 1.54) is 41.6 Å². The molecule has 3 aromatic rings. The number of rotatable bonds is 8. The first-order valence-corrected chi connectivity index (χ1v) is 16.2. The van der Waals surface area contributed by atoms with Crippen LogP contribution in [0.5, 0.6) is 5.75 Å². The highest BCUT2D eigenvalue weighted by Gasteiger charge is 2.54. The number of hydrogen-bond donors (Lipinski definition) is 2. The summed E-state index contributed by atoms with van der Waals surface area (Å²) in [7, 11) is 0. The van der Waals surface area contributed by atoms with E-state index in [-0.39, 0.29) is 5.41 Å². The Balaban J connectivity index is 1.08. The Bertz CT molecular complexity index is 1480. The molecule has 7 rings (SSSR count). The van der Waals surface area contributed by atoms with Crippen molar-refractivity contribution in [3.8, 4) is 5.75 Å². The van der Waals surface area contributed by atoms with Gasteiger partial charge in [-0.05, 0) is 122 Å². The smallest absolute Gasteiger partial charge is 0.329 e. The zero-order valence-electron chi connectivity index (χ0n) is 24.4. The first-order valence-electron chi connectivity index (χ1n) is 15.8. The van der Waals surface area contributed by atoms with E-state index >= 15 is 0 Å². The van der Waals surface area contributed by atoms with Crippen molar-refractivity contribution >= 4 is 23.3 Å². The summed E-state index contributed by atoms with van der Waals surface area (Å²) in [5.41, 5.74) is 5.28. The molecule has 2 fully saturated rings. The fourth-order valence-electron chi connectivity index (χ4n) is 9.09. The largest absolute Gasteiger partial charge is 0.493 e. The fraction of sp³-hybridized carbons (Fsp3) is 0.500. The van der Waals surface area contributed by atoms with E-state index in [1.54, 1.807) is 0 Å². The highest BCUT2D eigenvalue weighted by molar-refractivity contribution is 6.30. The molecule has 0 aliphatic heterocycles. The third kappa shape index (κ3) is 4.78. The van der Waals surface area contributed by atoms with Gasteiger partial charge in [-0.1, -0.05) is 55.3 Å². The number of hydrogen-bond acceptors (Lipinski definition) is 4. The van der Waals surface area contributed by atoms with Crippen LogP contribution in [0.2, 0.25) is 5.02 Å². The van der Waals surface area contributed by atoms with Gasteiger partial charge in [0.05, 0.1) is 6.61 Å². The predicted molar refractivity (Wildman–Crippen MR) is 167 cm³/mol. The number of carboxylic acids is 1. The molecule has 42 heavy (non-hydrogen) atoms. The second kappa shape index (κ2) is 10.9. The van der Waals surface area contributed by atoms with Gasteiger partial charge >= 0.3 is 5.97 Å². The lowest BCUT2D eigenvalue weighted by molar-refractivity contribution is -0.144. The molecule has 4 aliphatic carbocycles. The van der Waals surface area contributed by atoms with Crippen molar-refractivity contribution in [2.45, 2.75) is 88.0 Å². The van der Waals surface area contributed by atoms with Gasteiger partial charge in [-0.2, -0.15) is 0 Å². The average molecular weight is 585 g/mol. The summed E-state index contributed by atoms with van der Waals surface area (Å²) >= 11 is 6.22. The molecule has 220 valence electrons. The highest BCUT2D eigenvalue weighted by atomic mass is 35.5. The minimum Gasteiger partial charge on any atom is -0.493 e. The Morgan fingerprint density at radius 3 is 2.74 bits per heavy atom. The van der Waals surface area contributed by atoms with E-state index < -0.39 is 11.5 Å². The maximum absolute atomic E-state index is 12.7. The number of benzene rings is 2. The normalized spacial score (nSPS) is 30.0. The van der Waals surface area contributed by atoms with Gasteiger partial charge < -0.3 is 15.2 Å². The van der Waals surface area contributed by atoms with Crippen LogP contribution in [0.25, 0.3) is 0 Å². The van der Waals surface area contributed by atoms with Crippen molar-refractivity contribution in [2.75, 3.05) is 11.9 Å². The molecule has 6 heteroatoms. The van der Waals surface area contributed by atoms with Crippen molar-refractivity contribution in [1.29, 1.82) is 0 Å². The van der Waals surface area contributed by atoms with Gasteiger partial charge in [-0.15, -0.1) is 0 Å². The summed E-state index contributed by atoms with van der Waals surface area (Å²) in [4.78, 5) is 17.4. The molecule has 5 nitrogen and oxygen atoms in total. The lowest BCUT2D eigenvalue weighted by atomic mass is 9.59. The predicted octanol–water partition coefficient (Wildman–Crippen LogP) is 8.20. The van der Waals surface area contributed by atoms with Gasteiger partial charge in [0.15, 0.2) is 0 Å². The number of nitrogens with one attached hydrogen (secondary N) is 1. The molecule has 0 saturated heterocycles. The Labute approximate surface area is 254 Å². The molecule has 0 bridgehead atoms. The number of ether oxygens (including phenoxy) is 1. The maximum Gasteiger partial charge on any atom is 0.329 e. The lowest BCUT2D eigenvalue weighted by Gasteiger charge is -2.47. The monoisotopic (exact) mass is 584 g/mol. The number of carbonyl (C=O) groups is 1. The molecular formula is C36H41ClN2O3. The molecule has 0 radical (unpaired) electrons. The molecule has 4 atom stereocenters. The number of fused-ring (bicyclic) bond motifs is 5. The van der Waals surface area contributed by atoms with Crippen LogP contribution in [0.15, 0.2) is 60.8 Å². The molecule has 0 amide bonds. The minimum atomic E-state index is -0.993. The first kappa shape index (κ1) is 27.8. The third-order valence-corrected chi connectivity index (χ3v) is 11.4. The quantitative estimate of drug-likeness (QED) is 0.279. The Kier molecular flexibility index (Phi) is 7.20. The number of carboxylic acid groups (broad SMARTS) is 1. The van der Waals surface area contributed by atoms with E-state index in [9.17, 15) is 9.90 Å². The topological polar surface area (TPSA) is 71.5 Å². The van der Waals surface area contributed by atoms with E-state index in [1.807, 2.05) is 30.5 Å². The average Bonchev–Trinajstić information content (AvgIpc) is 3.66. The zero-order valence-corrected chi connectivity index (χ0v) is 25.2. The van der Waals surface area contributed by atoms with Crippen molar-refractivity contribution in [1.82, 2.24) is 4.98 Å². The van der Waals surface area contributed by atoms with Crippen LogP contribution in [0.4, 0.5) is 5.69 Å². The zero-order chi connectivity index (χ0) is 28.9. The summed E-state index contributed by atoms with van der Waals surface area (Å²) in [6.07, 6.45) is 11.9. The first-order chi connectivity index (χ1) is 20.4. The van der Waals surface area contributed by atoms with Gasteiger partial charge in [0.1, 0.15) is 11.3 Å². The van der Waals surface area contributed by atoms with Gasteiger partial charge in [0.25, 0.3) is 0 Å². The Morgan fingerprint density at radius 2 is 1.93 bits per heavy atom. The van der Waals surface area contributed by atoms with Crippen LogP contribution in [0.3, 0.4) is 0 Å². The van der Waals surface area contributed by atoms with E-state index in [0.717, 1.165) is 49.5 Å². The SMILES string of the molecule is C[C@@H](COc1ccnc2c1[C@H]1CCC[C@@H]1C2)C[C@H]1Cc2ccccc2C12CCC(Nc1cccc(Cl)c1)(C(=O)O)CC2. The van der Waals surface area contributed by atoms with Crippen molar-refractivity contribution in [2.24, 2.45) is 17.8 Å². The third-order valence-electron chi connectivity index (χ3n) is 11.1. The van der Waals surface area contributed by atoms with Gasteiger partial charge in [0, 0.05) is 28.2 Å². The highest BCUT2D eigenvalue weighted by Crippen LogP contribution is 2.56. The Hall–Kier alpha value is -3.05. The van der Waals surface area contributed by atoms with Crippen molar-refractivity contribution < 1.29 is 14.6 Å². The molecule has 2 N–H and O–H groups in total. The summed E-state index contributed by atoms with van der Waals surface area (Å²) in [6.45, 7) is 3.02. The number of aliphatic carboxylic acids is 1. The summed E-state index contributed by atoms with van der Waals surface area (Å²) < 4.78 is 6.58. The minimum absolute atomic E-state index is 0.00516. The fourth-order valence-corrected chi connectivity index (χ4v) is 9.28. The molecule has 1 spiro atoms. The van der Waals surface area contributed by atoms with E-state index in [0.29, 0.717) is 42.2 Å². The van der Waals surface area contributed by atoms with E-state index in [4.69, 9.17) is 21.3 Å². The van der Waals surface area contributed by atoms with E-state index in [2.05, 4.69) is 42.6 Å². The second-order valence-corrected chi connectivity index (χ2v) is 14.0. The summed E-state index contributed by atoms with van der Waals surface area (Å²) in [5.74, 6) is 2.52. The molecule has 2 aromatic carbocycles. The maximum atomic E-state index is 12.7. The number of pyridine rings is 1. The van der Waals surface area contributed by atoms with Crippen LogP contribution in [0, 0.1) is 17.8 Å². The van der Waals surface area contributed by atoms with Gasteiger partial charge in [-0.3, -0.25) is 4.98 Å². The van der Waals surface area contributed by atoms with Crippen LogP contribution >= 0.6 is 11.6 Å². The molecule has 1 heterocycles. The molecule has 4 aliphatic rings. The second-order valence-electron chi connectivity index (χ2n) is 13.6. The lowest BCUT2D eigenvalue weighted by Crippen LogP contribution is -2.53. The van der Waals surface area contributed by atoms with Crippen molar-refractivity contribution in [3.63, 3.8) is 0 Å². The Morgan fingerprint density at radius 1 is 1.10 bits per heavy atom. The molecular weight excluding hydrogens is 544 g/mol. The molecule has 2 saturated carbocycles. The van der Waals surface area contributed by atoms with Crippen LogP contribution < -0.4 is 10.1 Å². The number of anilines is 1. The van der Waals surface area contributed by atoms with Crippen LogP contribution in [0.1, 0.15) is 86.6 Å². The van der Waals surface area contributed by atoms with Crippen LogP contribution in [-0.2, 0) is 23.1 Å². The number of aromatic nitrogens is 1. The molecule has 0 unspecified atom stereocenters. The van der Waals surface area contributed by atoms with Gasteiger partial charge in [-0.25, -0.2) is 4.79 Å². The standard InChI is InChI=1S/C36H41ClN2O3/c1-23(22-42-32-12-17-38-31-20-24-7-4-10-29(24)33(31)32)18-26-19-25-6-2-3-11-30(25)35(26)13-15-36(16-14-35,34(40)41)39-28-9-5-8-27(37)21-28/h2-3,5-6,8-9,11-12,17,21,23-24,26,29,39H,4,7,10,13-16,18-20,22H2,1H3,(H,40,41)/t23-,24-,26+,29+,35?,36?/m1/s1. The van der Waals surface area contributed by atoms with Crippen LogP contribution in [-0.4, -0.2) is 28.2 Å². The number of halogens is 1. The number of nitrogens with zero attached hydrogens (tertiary/aromatic N) is 1. The molecule has 1 aromatic heterocycles.